The third kappa shape index (κ3) is 2.68. The van der Waals surface area contributed by atoms with Crippen molar-refractivity contribution in [2.24, 2.45) is 0 Å². The Kier molecular flexibility index (Phi) is 3.58. The second-order valence-electron chi connectivity index (χ2n) is 4.11. The lowest BCUT2D eigenvalue weighted by molar-refractivity contribution is 0.689. The first-order valence-electron chi connectivity index (χ1n) is 5.84. The zero-order chi connectivity index (χ0) is 13.2. The summed E-state index contributed by atoms with van der Waals surface area (Å²) in [6.45, 7) is 2.82. The number of nitrogens with one attached hydrogen (secondary N) is 1. The second-order valence-corrected chi connectivity index (χ2v) is 6.39. The summed E-state index contributed by atoms with van der Waals surface area (Å²) in [5.41, 5.74) is 1.08. The Morgan fingerprint density at radius 3 is 3.00 bits per heavy atom. The maximum Gasteiger partial charge on any atom is 0.195 e. The number of nitrogens with zero attached hydrogens (tertiary/aromatic N) is 3. The standard InChI is InChI=1S/C12H12N4S3/c1-8-7-19-10(13-8)4-5-16-11(14-15-12(16)17)9-3-2-6-18-9/h2-3,6-7H,4-5H2,1H3,(H,15,17). The Bertz CT molecular complexity index is 720. The molecule has 4 nitrogen and oxygen atoms in total. The molecule has 19 heavy (non-hydrogen) atoms. The first-order valence-corrected chi connectivity index (χ1v) is 8.01. The van der Waals surface area contributed by atoms with Crippen molar-refractivity contribution in [1.82, 2.24) is 19.7 Å². The smallest absolute Gasteiger partial charge is 0.195 e. The summed E-state index contributed by atoms with van der Waals surface area (Å²) in [5, 5.41) is 12.4. The van der Waals surface area contributed by atoms with E-state index in [4.69, 9.17) is 12.2 Å². The molecule has 3 heterocycles. The Balaban J connectivity index is 1.85. The lowest BCUT2D eigenvalue weighted by Crippen LogP contribution is -2.03. The van der Waals surface area contributed by atoms with Crippen molar-refractivity contribution in [3.05, 3.63) is 38.4 Å². The van der Waals surface area contributed by atoms with Gasteiger partial charge >= 0.3 is 0 Å². The fourth-order valence-electron chi connectivity index (χ4n) is 1.84. The van der Waals surface area contributed by atoms with E-state index in [2.05, 4.69) is 26.6 Å². The third-order valence-corrected chi connectivity index (χ3v) is 4.92. The fourth-order valence-corrected chi connectivity index (χ4v) is 3.55. The van der Waals surface area contributed by atoms with Crippen LogP contribution in [0.1, 0.15) is 10.7 Å². The molecule has 7 heteroatoms. The predicted molar refractivity (Wildman–Crippen MR) is 81.3 cm³/mol. The van der Waals surface area contributed by atoms with Gasteiger partial charge < -0.3 is 0 Å². The van der Waals surface area contributed by atoms with Gasteiger partial charge in [0.2, 0.25) is 0 Å². The van der Waals surface area contributed by atoms with E-state index in [0.29, 0.717) is 4.77 Å². The number of hydrogen-bond acceptors (Lipinski definition) is 5. The van der Waals surface area contributed by atoms with Gasteiger partial charge in [-0.2, -0.15) is 5.10 Å². The van der Waals surface area contributed by atoms with Crippen molar-refractivity contribution in [1.29, 1.82) is 0 Å². The van der Waals surface area contributed by atoms with E-state index in [-0.39, 0.29) is 0 Å². The molecule has 3 rings (SSSR count). The first kappa shape index (κ1) is 12.7. The van der Waals surface area contributed by atoms with Crippen LogP contribution in [-0.2, 0) is 13.0 Å². The second kappa shape index (κ2) is 5.36. The van der Waals surface area contributed by atoms with Crippen LogP contribution in [0, 0.1) is 11.7 Å². The highest BCUT2D eigenvalue weighted by Gasteiger charge is 2.10. The maximum atomic E-state index is 5.30. The van der Waals surface area contributed by atoms with Crippen LogP contribution in [-0.4, -0.2) is 19.7 Å². The quantitative estimate of drug-likeness (QED) is 0.748. The van der Waals surface area contributed by atoms with Crippen LogP contribution in [0.5, 0.6) is 0 Å². The highest BCUT2D eigenvalue weighted by molar-refractivity contribution is 7.71. The molecule has 0 aliphatic carbocycles. The topological polar surface area (TPSA) is 46.5 Å². The van der Waals surface area contributed by atoms with Gasteiger partial charge in [-0.05, 0) is 30.6 Å². The third-order valence-electron chi connectivity index (χ3n) is 2.72. The van der Waals surface area contributed by atoms with Gasteiger partial charge in [-0.25, -0.2) is 4.98 Å². The van der Waals surface area contributed by atoms with E-state index >= 15 is 0 Å². The summed E-state index contributed by atoms with van der Waals surface area (Å²) in [4.78, 5) is 5.60. The van der Waals surface area contributed by atoms with Crippen LogP contribution >= 0.6 is 34.9 Å². The maximum absolute atomic E-state index is 5.30. The molecule has 0 aliphatic rings. The molecule has 3 aromatic heterocycles. The predicted octanol–water partition coefficient (Wildman–Crippen LogP) is 3.68. The van der Waals surface area contributed by atoms with Gasteiger partial charge in [-0.15, -0.1) is 22.7 Å². The highest BCUT2D eigenvalue weighted by atomic mass is 32.1. The van der Waals surface area contributed by atoms with E-state index < -0.39 is 0 Å². The molecule has 0 aliphatic heterocycles. The molecule has 98 valence electrons. The van der Waals surface area contributed by atoms with E-state index in [9.17, 15) is 0 Å². The van der Waals surface area contributed by atoms with E-state index in [0.717, 1.165) is 34.4 Å². The zero-order valence-electron chi connectivity index (χ0n) is 10.3. The summed E-state index contributed by atoms with van der Waals surface area (Å²) >= 11 is 8.66. The van der Waals surface area contributed by atoms with E-state index in [1.54, 1.807) is 22.7 Å². The molecule has 0 fully saturated rings. The molecule has 3 aromatic rings. The van der Waals surface area contributed by atoms with Gasteiger partial charge in [0.15, 0.2) is 10.6 Å². The lowest BCUT2D eigenvalue weighted by atomic mass is 10.4. The molecule has 0 spiro atoms. The Morgan fingerprint density at radius 2 is 2.32 bits per heavy atom. The van der Waals surface area contributed by atoms with Crippen LogP contribution in [0.2, 0.25) is 0 Å². The molecule has 0 aromatic carbocycles. The number of aromatic nitrogens is 4. The fraction of sp³-hybridized carbons (Fsp3) is 0.250. The normalized spacial score (nSPS) is 11.0. The molecule has 0 radical (unpaired) electrons. The zero-order valence-corrected chi connectivity index (χ0v) is 12.7. The van der Waals surface area contributed by atoms with Crippen molar-refractivity contribution < 1.29 is 0 Å². The molecule has 0 saturated heterocycles. The minimum atomic E-state index is 0.664. The Labute approximate surface area is 123 Å². The van der Waals surface area contributed by atoms with E-state index in [1.807, 2.05) is 22.9 Å². The van der Waals surface area contributed by atoms with Crippen molar-refractivity contribution in [2.75, 3.05) is 0 Å². The Hall–Kier alpha value is -1.31. The molecule has 1 N–H and O–H groups in total. The summed E-state index contributed by atoms with van der Waals surface area (Å²) in [7, 11) is 0. The number of hydrogen-bond donors (Lipinski definition) is 1. The van der Waals surface area contributed by atoms with E-state index in [1.165, 1.54) is 0 Å². The molecule has 0 bridgehead atoms. The van der Waals surface area contributed by atoms with Gasteiger partial charge in [0.1, 0.15) is 0 Å². The average Bonchev–Trinajstić information content (AvgIpc) is 3.08. The van der Waals surface area contributed by atoms with Crippen molar-refractivity contribution >= 4 is 34.9 Å². The molecule has 0 atom stereocenters. The Morgan fingerprint density at radius 1 is 1.42 bits per heavy atom. The number of thiazole rings is 1. The van der Waals surface area contributed by atoms with Crippen molar-refractivity contribution in [3.63, 3.8) is 0 Å². The monoisotopic (exact) mass is 308 g/mol. The minimum Gasteiger partial charge on any atom is -0.299 e. The SMILES string of the molecule is Cc1csc(CCn2c(-c3cccs3)n[nH]c2=S)n1. The summed E-state index contributed by atoms with van der Waals surface area (Å²) in [6, 6.07) is 4.08. The summed E-state index contributed by atoms with van der Waals surface area (Å²) in [6.07, 6.45) is 0.880. The van der Waals surface area contributed by atoms with Crippen LogP contribution in [0.3, 0.4) is 0 Å². The summed E-state index contributed by atoms with van der Waals surface area (Å²) in [5.74, 6) is 0.910. The minimum absolute atomic E-state index is 0.664. The largest absolute Gasteiger partial charge is 0.299 e. The van der Waals surface area contributed by atoms with Crippen molar-refractivity contribution in [3.8, 4) is 10.7 Å². The van der Waals surface area contributed by atoms with Crippen molar-refractivity contribution in [2.45, 2.75) is 19.9 Å². The summed E-state index contributed by atoms with van der Waals surface area (Å²) < 4.78 is 2.70. The van der Waals surface area contributed by atoms with Gasteiger partial charge in [-0.1, -0.05) is 6.07 Å². The molecule has 0 unspecified atom stereocenters. The molecular weight excluding hydrogens is 296 g/mol. The first-order chi connectivity index (χ1) is 9.24. The molecule has 0 saturated carbocycles. The van der Waals surface area contributed by atoms with Crippen LogP contribution < -0.4 is 0 Å². The van der Waals surface area contributed by atoms with Crippen LogP contribution in [0.25, 0.3) is 10.7 Å². The molecular formula is C12H12N4S3. The number of thiophene rings is 1. The lowest BCUT2D eigenvalue weighted by Gasteiger charge is -2.03. The van der Waals surface area contributed by atoms with Gasteiger partial charge in [0.05, 0.1) is 9.88 Å². The number of aromatic amines is 1. The average molecular weight is 308 g/mol. The number of H-pyrrole nitrogens is 1. The number of aryl methyl sites for hydroxylation is 2. The van der Waals surface area contributed by atoms with Gasteiger partial charge in [0.25, 0.3) is 0 Å². The van der Waals surface area contributed by atoms with Gasteiger partial charge in [0, 0.05) is 24.0 Å². The van der Waals surface area contributed by atoms with Gasteiger partial charge in [-0.3, -0.25) is 9.67 Å². The van der Waals surface area contributed by atoms with Crippen LogP contribution in [0.15, 0.2) is 22.9 Å². The molecule has 0 amide bonds. The highest BCUT2D eigenvalue weighted by Crippen LogP contribution is 2.23. The number of rotatable bonds is 4. The van der Waals surface area contributed by atoms with Crippen LogP contribution in [0.4, 0.5) is 0 Å².